The van der Waals surface area contributed by atoms with Crippen LogP contribution in [0.1, 0.15) is 25.8 Å². The SMILES string of the molecule is COC(CN)CC(=O)NCC(Cc1ccc(Cl)cc1Cl)C(C)C. The zero-order chi connectivity index (χ0) is 17.4. The lowest BCUT2D eigenvalue weighted by atomic mass is 9.89. The number of halogens is 2. The van der Waals surface area contributed by atoms with E-state index in [-0.39, 0.29) is 24.3 Å². The average Bonchev–Trinajstić information content (AvgIpc) is 2.50. The van der Waals surface area contributed by atoms with Crippen LogP contribution in [0.25, 0.3) is 0 Å². The third-order valence-corrected chi connectivity index (χ3v) is 4.60. The van der Waals surface area contributed by atoms with Crippen molar-refractivity contribution >= 4 is 29.1 Å². The van der Waals surface area contributed by atoms with Crippen molar-refractivity contribution in [1.82, 2.24) is 5.32 Å². The number of nitrogens with two attached hydrogens (primary N) is 1. The van der Waals surface area contributed by atoms with Crippen LogP contribution in [0.5, 0.6) is 0 Å². The van der Waals surface area contributed by atoms with Crippen molar-refractivity contribution in [2.24, 2.45) is 17.6 Å². The Morgan fingerprint density at radius 1 is 1.35 bits per heavy atom. The highest BCUT2D eigenvalue weighted by Gasteiger charge is 2.18. The first-order chi connectivity index (χ1) is 10.9. The molecule has 0 bridgehead atoms. The van der Waals surface area contributed by atoms with Gasteiger partial charge < -0.3 is 15.8 Å². The second-order valence-corrected chi connectivity index (χ2v) is 6.89. The molecule has 0 aromatic heterocycles. The van der Waals surface area contributed by atoms with E-state index in [1.54, 1.807) is 13.2 Å². The van der Waals surface area contributed by atoms with Gasteiger partial charge in [-0.15, -0.1) is 0 Å². The number of carbonyl (C=O) groups excluding carboxylic acids is 1. The second-order valence-electron chi connectivity index (χ2n) is 6.05. The van der Waals surface area contributed by atoms with Gasteiger partial charge in [-0.25, -0.2) is 0 Å². The van der Waals surface area contributed by atoms with Gasteiger partial charge in [-0.3, -0.25) is 4.79 Å². The minimum Gasteiger partial charge on any atom is -0.380 e. The van der Waals surface area contributed by atoms with Crippen LogP contribution >= 0.6 is 23.2 Å². The monoisotopic (exact) mass is 360 g/mol. The molecule has 2 unspecified atom stereocenters. The summed E-state index contributed by atoms with van der Waals surface area (Å²) in [5.74, 6) is 0.654. The molecule has 1 amide bonds. The fraction of sp³-hybridized carbons (Fsp3) is 0.588. The molecule has 0 spiro atoms. The van der Waals surface area contributed by atoms with E-state index in [1.807, 2.05) is 12.1 Å². The predicted octanol–water partition coefficient (Wildman–Crippen LogP) is 3.29. The van der Waals surface area contributed by atoms with Crippen molar-refractivity contribution in [2.45, 2.75) is 32.8 Å². The van der Waals surface area contributed by atoms with Crippen LogP contribution in [-0.2, 0) is 16.0 Å². The largest absolute Gasteiger partial charge is 0.380 e. The molecule has 3 N–H and O–H groups in total. The second kappa shape index (κ2) is 10.1. The Morgan fingerprint density at radius 2 is 2.04 bits per heavy atom. The van der Waals surface area contributed by atoms with Crippen LogP contribution in [-0.4, -0.2) is 32.2 Å². The predicted molar refractivity (Wildman–Crippen MR) is 96.0 cm³/mol. The van der Waals surface area contributed by atoms with Crippen LogP contribution in [0.2, 0.25) is 10.0 Å². The zero-order valence-corrected chi connectivity index (χ0v) is 15.5. The molecule has 2 atom stereocenters. The van der Waals surface area contributed by atoms with E-state index in [1.165, 1.54) is 0 Å². The van der Waals surface area contributed by atoms with Crippen molar-refractivity contribution in [3.05, 3.63) is 33.8 Å². The summed E-state index contributed by atoms with van der Waals surface area (Å²) in [5, 5.41) is 4.26. The summed E-state index contributed by atoms with van der Waals surface area (Å²) in [6, 6.07) is 5.53. The highest BCUT2D eigenvalue weighted by Crippen LogP contribution is 2.25. The lowest BCUT2D eigenvalue weighted by Crippen LogP contribution is -2.36. The van der Waals surface area contributed by atoms with Crippen molar-refractivity contribution in [3.8, 4) is 0 Å². The number of carbonyl (C=O) groups is 1. The molecule has 0 aliphatic heterocycles. The molecule has 1 aromatic rings. The Kier molecular flexibility index (Phi) is 8.92. The maximum Gasteiger partial charge on any atom is 0.222 e. The van der Waals surface area contributed by atoms with E-state index in [2.05, 4.69) is 19.2 Å². The van der Waals surface area contributed by atoms with E-state index in [4.69, 9.17) is 33.7 Å². The summed E-state index contributed by atoms with van der Waals surface area (Å²) < 4.78 is 5.13. The molecule has 0 fully saturated rings. The van der Waals surface area contributed by atoms with Gasteiger partial charge >= 0.3 is 0 Å². The van der Waals surface area contributed by atoms with Gasteiger partial charge in [-0.2, -0.15) is 0 Å². The highest BCUT2D eigenvalue weighted by atomic mass is 35.5. The van der Waals surface area contributed by atoms with Gasteiger partial charge in [0.2, 0.25) is 5.91 Å². The molecular weight excluding hydrogens is 335 g/mol. The first-order valence-corrected chi connectivity index (χ1v) is 8.56. The van der Waals surface area contributed by atoms with E-state index >= 15 is 0 Å². The summed E-state index contributed by atoms with van der Waals surface area (Å²) in [6.07, 6.45) is 0.830. The number of methoxy groups -OCH3 is 1. The van der Waals surface area contributed by atoms with Crippen LogP contribution in [0.15, 0.2) is 18.2 Å². The van der Waals surface area contributed by atoms with Gasteiger partial charge in [-0.05, 0) is 36.0 Å². The molecule has 0 aliphatic rings. The van der Waals surface area contributed by atoms with Gasteiger partial charge in [0, 0.05) is 30.2 Å². The number of hydrogen-bond donors (Lipinski definition) is 2. The van der Waals surface area contributed by atoms with Gasteiger partial charge in [-0.1, -0.05) is 43.1 Å². The summed E-state index contributed by atoms with van der Waals surface area (Å²) >= 11 is 12.2. The molecule has 4 nitrogen and oxygen atoms in total. The lowest BCUT2D eigenvalue weighted by Gasteiger charge is -2.22. The molecule has 1 rings (SSSR count). The van der Waals surface area contributed by atoms with Gasteiger partial charge in [0.15, 0.2) is 0 Å². The third-order valence-electron chi connectivity index (χ3n) is 4.01. The first-order valence-electron chi connectivity index (χ1n) is 7.80. The quantitative estimate of drug-likeness (QED) is 0.709. The fourth-order valence-electron chi connectivity index (χ4n) is 2.30. The van der Waals surface area contributed by atoms with Crippen molar-refractivity contribution in [2.75, 3.05) is 20.2 Å². The van der Waals surface area contributed by atoms with Gasteiger partial charge in [0.25, 0.3) is 0 Å². The summed E-state index contributed by atoms with van der Waals surface area (Å²) in [4.78, 5) is 12.0. The molecule has 0 saturated carbocycles. The molecule has 23 heavy (non-hydrogen) atoms. The number of ether oxygens (including phenoxy) is 1. The molecule has 130 valence electrons. The summed E-state index contributed by atoms with van der Waals surface area (Å²) in [7, 11) is 1.56. The average molecular weight is 361 g/mol. The fourth-order valence-corrected chi connectivity index (χ4v) is 2.79. The van der Waals surface area contributed by atoms with Crippen LogP contribution < -0.4 is 11.1 Å². The van der Waals surface area contributed by atoms with E-state index in [9.17, 15) is 4.79 Å². The molecule has 6 heteroatoms. The third kappa shape index (κ3) is 7.08. The standard InChI is InChI=1S/C17H26Cl2N2O2/c1-11(2)13(6-12-4-5-14(18)7-16(12)19)10-21-17(22)8-15(9-20)23-3/h4-5,7,11,13,15H,6,8-10,20H2,1-3H3,(H,21,22). The maximum atomic E-state index is 12.0. The maximum absolute atomic E-state index is 12.0. The van der Waals surface area contributed by atoms with Crippen molar-refractivity contribution < 1.29 is 9.53 Å². The van der Waals surface area contributed by atoms with Crippen LogP contribution in [0.4, 0.5) is 0 Å². The number of benzene rings is 1. The number of nitrogens with one attached hydrogen (secondary N) is 1. The van der Waals surface area contributed by atoms with E-state index < -0.39 is 0 Å². The molecule has 0 radical (unpaired) electrons. The number of amides is 1. The molecular formula is C17H26Cl2N2O2. The summed E-state index contributed by atoms with van der Waals surface area (Å²) in [6.45, 7) is 5.20. The smallest absolute Gasteiger partial charge is 0.222 e. The number of rotatable bonds is 9. The Hall–Kier alpha value is -0.810. The van der Waals surface area contributed by atoms with Gasteiger partial charge in [0.05, 0.1) is 12.5 Å². The minimum absolute atomic E-state index is 0.0462. The molecule has 0 heterocycles. The molecule has 0 aliphatic carbocycles. The first kappa shape index (κ1) is 20.2. The number of hydrogen-bond acceptors (Lipinski definition) is 3. The van der Waals surface area contributed by atoms with E-state index in [0.717, 1.165) is 12.0 Å². The Labute approximate surface area is 148 Å². The Bertz CT molecular complexity index is 505. The van der Waals surface area contributed by atoms with Crippen LogP contribution in [0.3, 0.4) is 0 Å². The van der Waals surface area contributed by atoms with Crippen LogP contribution in [0, 0.1) is 11.8 Å². The molecule has 1 aromatic carbocycles. The normalized spacial score (nSPS) is 13.9. The minimum atomic E-state index is -0.238. The summed E-state index contributed by atoms with van der Waals surface area (Å²) in [5.41, 5.74) is 6.58. The molecule has 0 saturated heterocycles. The van der Waals surface area contributed by atoms with E-state index in [0.29, 0.717) is 29.1 Å². The Balaban J connectivity index is 2.60. The highest BCUT2D eigenvalue weighted by molar-refractivity contribution is 6.35. The van der Waals surface area contributed by atoms with Gasteiger partial charge in [0.1, 0.15) is 0 Å². The topological polar surface area (TPSA) is 64.3 Å². The van der Waals surface area contributed by atoms with Crippen molar-refractivity contribution in [1.29, 1.82) is 0 Å². The van der Waals surface area contributed by atoms with Crippen molar-refractivity contribution in [3.63, 3.8) is 0 Å². The zero-order valence-electron chi connectivity index (χ0n) is 13.9. The lowest BCUT2D eigenvalue weighted by molar-refractivity contribution is -0.123. The Morgan fingerprint density at radius 3 is 2.57 bits per heavy atom.